The normalized spacial score (nSPS) is 24.5. The van der Waals surface area contributed by atoms with Gasteiger partial charge in [-0.15, -0.1) is 0 Å². The van der Waals surface area contributed by atoms with Crippen molar-refractivity contribution in [3.63, 3.8) is 0 Å². The van der Waals surface area contributed by atoms with Crippen molar-refractivity contribution < 1.29 is 27.6 Å². The number of piperidine rings is 1. The number of nitrogens with zero attached hydrogens (tertiary/aromatic N) is 2. The molecule has 2 aromatic rings. The Labute approximate surface area is 194 Å². The molecule has 4 atom stereocenters. The molecule has 2 aromatic carbocycles. The van der Waals surface area contributed by atoms with Gasteiger partial charge in [0.05, 0.1) is 11.1 Å². The number of nitrogens with two attached hydrogens (primary N) is 1. The Morgan fingerprint density at radius 3 is 2.09 bits per heavy atom. The van der Waals surface area contributed by atoms with Gasteiger partial charge in [0.2, 0.25) is 5.91 Å². The van der Waals surface area contributed by atoms with Crippen molar-refractivity contribution in [2.45, 2.75) is 50.2 Å². The number of fused-ring (bicyclic) bond motifs is 3. The number of hydrogen-bond acceptors (Lipinski definition) is 4. The summed E-state index contributed by atoms with van der Waals surface area (Å²) in [5, 5.41) is 0. The van der Waals surface area contributed by atoms with Crippen LogP contribution in [0.1, 0.15) is 52.0 Å². The molecule has 3 aliphatic rings. The van der Waals surface area contributed by atoms with E-state index in [0.717, 1.165) is 23.8 Å². The summed E-state index contributed by atoms with van der Waals surface area (Å²) in [6.45, 7) is -0.309. The van der Waals surface area contributed by atoms with Gasteiger partial charge in [0.15, 0.2) is 11.6 Å². The first-order chi connectivity index (χ1) is 16.2. The van der Waals surface area contributed by atoms with Gasteiger partial charge in [0.25, 0.3) is 11.8 Å². The summed E-state index contributed by atoms with van der Waals surface area (Å²) in [5.41, 5.74) is 6.98. The summed E-state index contributed by atoms with van der Waals surface area (Å²) in [6.07, 6.45) is 2.81. The van der Waals surface area contributed by atoms with Gasteiger partial charge in [-0.2, -0.15) is 0 Å². The van der Waals surface area contributed by atoms with Gasteiger partial charge in [-0.25, -0.2) is 13.2 Å². The summed E-state index contributed by atoms with van der Waals surface area (Å²) >= 11 is 0. The Morgan fingerprint density at radius 1 is 0.941 bits per heavy atom. The van der Waals surface area contributed by atoms with Crippen LogP contribution in [0.5, 0.6) is 0 Å². The lowest BCUT2D eigenvalue weighted by molar-refractivity contribution is -0.136. The highest BCUT2D eigenvalue weighted by atomic mass is 19.2. The zero-order chi connectivity index (χ0) is 24.1. The van der Waals surface area contributed by atoms with Crippen molar-refractivity contribution in [2.75, 3.05) is 6.54 Å². The Kier molecular flexibility index (Phi) is 5.67. The minimum absolute atomic E-state index is 0.0200. The molecule has 9 heteroatoms. The van der Waals surface area contributed by atoms with Crippen LogP contribution in [0.2, 0.25) is 0 Å². The van der Waals surface area contributed by atoms with Gasteiger partial charge in [-0.1, -0.05) is 12.1 Å². The van der Waals surface area contributed by atoms with Gasteiger partial charge >= 0.3 is 0 Å². The van der Waals surface area contributed by atoms with E-state index in [4.69, 9.17) is 5.73 Å². The van der Waals surface area contributed by atoms with E-state index in [9.17, 15) is 27.6 Å². The van der Waals surface area contributed by atoms with E-state index in [1.165, 1.54) is 0 Å². The molecule has 5 rings (SSSR count). The van der Waals surface area contributed by atoms with Crippen LogP contribution in [0.15, 0.2) is 36.4 Å². The number of carbonyl (C=O) groups is 3. The van der Waals surface area contributed by atoms with Crippen LogP contribution >= 0.6 is 0 Å². The topological polar surface area (TPSA) is 83.7 Å². The Bertz CT molecular complexity index is 1140. The molecule has 2 saturated heterocycles. The lowest BCUT2D eigenvalue weighted by Crippen LogP contribution is -2.53. The van der Waals surface area contributed by atoms with Gasteiger partial charge in [0, 0.05) is 24.2 Å². The van der Waals surface area contributed by atoms with Crippen molar-refractivity contribution in [3.05, 3.63) is 70.5 Å². The summed E-state index contributed by atoms with van der Waals surface area (Å²) in [6, 6.07) is 7.22. The molecule has 2 bridgehead atoms. The third-order valence-corrected chi connectivity index (χ3v) is 7.38. The SMILES string of the molecule is N[C@@H](Cc1cc(F)c(F)cc1F)C1C[C@H]2CC[C@@H](C1)N2C(=O)CN1C(=O)c2ccccc2C1=O. The molecule has 0 radical (unpaired) electrons. The molecule has 2 fully saturated rings. The highest BCUT2D eigenvalue weighted by molar-refractivity contribution is 6.22. The third kappa shape index (κ3) is 3.77. The number of benzene rings is 2. The first-order valence-electron chi connectivity index (χ1n) is 11.4. The number of halogens is 3. The van der Waals surface area contributed by atoms with E-state index in [2.05, 4.69) is 0 Å². The predicted octanol–water partition coefficient (Wildman–Crippen LogP) is 3.04. The average molecular weight is 471 g/mol. The van der Waals surface area contributed by atoms with Crippen LogP contribution in [0.25, 0.3) is 0 Å². The van der Waals surface area contributed by atoms with Crippen molar-refractivity contribution >= 4 is 17.7 Å². The molecule has 0 saturated carbocycles. The molecule has 3 aliphatic heterocycles. The molecule has 34 heavy (non-hydrogen) atoms. The van der Waals surface area contributed by atoms with Crippen LogP contribution in [0.3, 0.4) is 0 Å². The maximum atomic E-state index is 14.1. The van der Waals surface area contributed by atoms with Gasteiger partial charge < -0.3 is 10.6 Å². The maximum Gasteiger partial charge on any atom is 0.262 e. The van der Waals surface area contributed by atoms with E-state index in [1.807, 2.05) is 0 Å². The number of carbonyl (C=O) groups excluding carboxylic acids is 3. The van der Waals surface area contributed by atoms with Crippen molar-refractivity contribution in [1.29, 1.82) is 0 Å². The first-order valence-corrected chi connectivity index (χ1v) is 11.4. The van der Waals surface area contributed by atoms with Crippen LogP contribution < -0.4 is 5.73 Å². The van der Waals surface area contributed by atoms with Crippen molar-refractivity contribution in [3.8, 4) is 0 Å². The second kappa shape index (κ2) is 8.54. The third-order valence-electron chi connectivity index (χ3n) is 7.38. The van der Waals surface area contributed by atoms with E-state index >= 15 is 0 Å². The quantitative estimate of drug-likeness (QED) is 0.537. The molecule has 3 heterocycles. The second-order valence-corrected chi connectivity index (χ2v) is 9.39. The predicted molar refractivity (Wildman–Crippen MR) is 116 cm³/mol. The van der Waals surface area contributed by atoms with E-state index in [0.29, 0.717) is 30.0 Å². The summed E-state index contributed by atoms with van der Waals surface area (Å²) in [5.74, 6) is -4.41. The highest BCUT2D eigenvalue weighted by Crippen LogP contribution is 2.40. The van der Waals surface area contributed by atoms with E-state index < -0.39 is 35.3 Å². The summed E-state index contributed by atoms with van der Waals surface area (Å²) in [7, 11) is 0. The standard InChI is InChI=1S/C25H24F3N3O3/c26-19-11-21(28)20(27)9-13(19)10-22(29)14-7-15-5-6-16(8-14)31(15)23(32)12-30-24(33)17-3-1-2-4-18(17)25(30)34/h1-4,9,11,14-16,22H,5-8,10,12,29H2/t14?,15-,16+,22-/m0/s1. The second-order valence-electron chi connectivity index (χ2n) is 9.39. The minimum atomic E-state index is -1.24. The molecule has 0 aromatic heterocycles. The molecule has 0 aliphatic carbocycles. The van der Waals surface area contributed by atoms with Crippen LogP contribution in [0.4, 0.5) is 13.2 Å². The molecule has 6 nitrogen and oxygen atoms in total. The number of imide groups is 1. The zero-order valence-corrected chi connectivity index (χ0v) is 18.3. The largest absolute Gasteiger partial charge is 0.335 e. The highest BCUT2D eigenvalue weighted by Gasteiger charge is 2.46. The van der Waals surface area contributed by atoms with E-state index in [-0.39, 0.29) is 42.4 Å². The Balaban J connectivity index is 1.24. The Hall–Kier alpha value is -3.20. The van der Waals surface area contributed by atoms with Crippen molar-refractivity contribution in [2.24, 2.45) is 11.7 Å². The monoisotopic (exact) mass is 471 g/mol. The van der Waals surface area contributed by atoms with Gasteiger partial charge in [-0.05, 0) is 61.8 Å². The van der Waals surface area contributed by atoms with Gasteiger partial charge in [0.1, 0.15) is 12.4 Å². The summed E-state index contributed by atoms with van der Waals surface area (Å²) in [4.78, 5) is 41.2. The average Bonchev–Trinajstić information content (AvgIpc) is 3.21. The zero-order valence-electron chi connectivity index (χ0n) is 18.3. The lowest BCUT2D eigenvalue weighted by atomic mass is 9.82. The number of amides is 3. The molecule has 0 spiro atoms. The van der Waals surface area contributed by atoms with Crippen LogP contribution in [-0.2, 0) is 11.2 Å². The molecular weight excluding hydrogens is 447 g/mol. The van der Waals surface area contributed by atoms with Crippen LogP contribution in [0, 0.1) is 23.4 Å². The molecule has 2 N–H and O–H groups in total. The number of rotatable bonds is 5. The minimum Gasteiger partial charge on any atom is -0.335 e. The van der Waals surface area contributed by atoms with Crippen molar-refractivity contribution in [1.82, 2.24) is 9.80 Å². The molecule has 1 unspecified atom stereocenters. The number of hydrogen-bond donors (Lipinski definition) is 1. The van der Waals surface area contributed by atoms with Gasteiger partial charge in [-0.3, -0.25) is 19.3 Å². The first kappa shape index (κ1) is 22.6. The van der Waals surface area contributed by atoms with Crippen LogP contribution in [-0.4, -0.2) is 52.2 Å². The smallest absolute Gasteiger partial charge is 0.262 e. The lowest BCUT2D eigenvalue weighted by Gasteiger charge is -2.41. The fourth-order valence-corrected chi connectivity index (χ4v) is 5.72. The summed E-state index contributed by atoms with van der Waals surface area (Å²) < 4.78 is 40.9. The maximum absolute atomic E-state index is 14.1. The fraction of sp³-hybridized carbons (Fsp3) is 0.400. The molecular formula is C25H24F3N3O3. The fourth-order valence-electron chi connectivity index (χ4n) is 5.72. The van der Waals surface area contributed by atoms with E-state index in [1.54, 1.807) is 29.2 Å². The Morgan fingerprint density at radius 2 is 1.50 bits per heavy atom. The molecule has 178 valence electrons. The molecule has 3 amide bonds.